The molecule has 2 aromatic carbocycles. The first-order chi connectivity index (χ1) is 14.5. The molecule has 8 heteroatoms. The van der Waals surface area contributed by atoms with Crippen LogP contribution < -0.4 is 9.47 Å². The topological polar surface area (TPSA) is 82.1 Å². The van der Waals surface area contributed by atoms with Crippen LogP contribution in [-0.2, 0) is 9.53 Å². The number of Topliss-reactive ketones (excluding diaryl/α,β-unsaturated/α-hetero) is 1. The summed E-state index contributed by atoms with van der Waals surface area (Å²) in [5.41, 5.74) is 0.904. The van der Waals surface area contributed by atoms with Crippen LogP contribution in [0, 0.1) is 5.92 Å². The van der Waals surface area contributed by atoms with E-state index in [1.54, 1.807) is 47.4 Å². The van der Waals surface area contributed by atoms with Gasteiger partial charge in [0, 0.05) is 29.2 Å². The van der Waals surface area contributed by atoms with E-state index in [2.05, 4.69) is 0 Å². The number of ketones is 1. The van der Waals surface area contributed by atoms with Gasteiger partial charge in [0.1, 0.15) is 0 Å². The summed E-state index contributed by atoms with van der Waals surface area (Å²) in [4.78, 5) is 39.2. The van der Waals surface area contributed by atoms with Gasteiger partial charge >= 0.3 is 5.97 Å². The van der Waals surface area contributed by atoms with E-state index < -0.39 is 11.9 Å². The molecule has 0 saturated carbocycles. The Bertz CT molecular complexity index is 974. The molecule has 2 aromatic rings. The van der Waals surface area contributed by atoms with Crippen molar-refractivity contribution in [3.8, 4) is 11.5 Å². The zero-order chi connectivity index (χ0) is 21.1. The van der Waals surface area contributed by atoms with Crippen LogP contribution >= 0.6 is 11.6 Å². The summed E-state index contributed by atoms with van der Waals surface area (Å²) in [6.07, 6.45) is 1.30. The fraction of sp³-hybridized carbons (Fsp3) is 0.318. The molecule has 30 heavy (non-hydrogen) atoms. The van der Waals surface area contributed by atoms with Crippen molar-refractivity contribution in [3.05, 3.63) is 58.6 Å². The van der Waals surface area contributed by atoms with Crippen LogP contribution in [0.5, 0.6) is 11.5 Å². The molecule has 0 N–H and O–H groups in total. The van der Waals surface area contributed by atoms with Crippen molar-refractivity contribution in [1.82, 2.24) is 4.90 Å². The van der Waals surface area contributed by atoms with Gasteiger partial charge in [-0.15, -0.1) is 0 Å². The Morgan fingerprint density at radius 3 is 2.57 bits per heavy atom. The molecule has 1 atom stereocenters. The van der Waals surface area contributed by atoms with Gasteiger partial charge < -0.3 is 19.1 Å². The molecule has 0 aliphatic carbocycles. The van der Waals surface area contributed by atoms with Gasteiger partial charge in [-0.3, -0.25) is 14.4 Å². The lowest BCUT2D eigenvalue weighted by Crippen LogP contribution is -2.43. The van der Waals surface area contributed by atoms with Crippen molar-refractivity contribution in [1.29, 1.82) is 0 Å². The summed E-state index contributed by atoms with van der Waals surface area (Å²) in [6.45, 7) is 0.592. The maximum Gasteiger partial charge on any atom is 0.311 e. The van der Waals surface area contributed by atoms with Crippen molar-refractivity contribution in [2.75, 3.05) is 26.5 Å². The van der Waals surface area contributed by atoms with Crippen molar-refractivity contribution >= 4 is 29.3 Å². The highest BCUT2D eigenvalue weighted by atomic mass is 35.5. The molecule has 4 rings (SSSR count). The molecule has 0 aromatic heterocycles. The van der Waals surface area contributed by atoms with E-state index in [0.29, 0.717) is 47.0 Å². The first-order valence-corrected chi connectivity index (χ1v) is 10.0. The minimum atomic E-state index is -0.474. The molecular formula is C22H20ClNO6. The van der Waals surface area contributed by atoms with E-state index in [1.165, 1.54) is 0 Å². The highest BCUT2D eigenvalue weighted by molar-refractivity contribution is 6.30. The summed E-state index contributed by atoms with van der Waals surface area (Å²) in [6, 6.07) is 11.5. The second-order valence-electron chi connectivity index (χ2n) is 7.20. The predicted molar refractivity (Wildman–Crippen MR) is 108 cm³/mol. The summed E-state index contributed by atoms with van der Waals surface area (Å²) in [5, 5.41) is 0.554. The van der Waals surface area contributed by atoms with Gasteiger partial charge in [0.05, 0.1) is 5.92 Å². The summed E-state index contributed by atoms with van der Waals surface area (Å²) >= 11 is 5.87. The summed E-state index contributed by atoms with van der Waals surface area (Å²) in [5.74, 6) is -0.337. The number of amides is 1. The number of hydrogen-bond acceptors (Lipinski definition) is 6. The third kappa shape index (κ3) is 4.41. The number of ether oxygens (including phenoxy) is 3. The molecule has 2 aliphatic heterocycles. The van der Waals surface area contributed by atoms with E-state index in [0.717, 1.165) is 0 Å². The van der Waals surface area contributed by atoms with Crippen molar-refractivity contribution in [2.45, 2.75) is 12.8 Å². The monoisotopic (exact) mass is 429 g/mol. The molecule has 1 saturated heterocycles. The number of esters is 1. The molecule has 2 heterocycles. The Hall–Kier alpha value is -3.06. The van der Waals surface area contributed by atoms with E-state index in [9.17, 15) is 14.4 Å². The molecule has 0 spiro atoms. The van der Waals surface area contributed by atoms with Crippen LogP contribution in [0.3, 0.4) is 0 Å². The fourth-order valence-electron chi connectivity index (χ4n) is 3.54. The van der Waals surface area contributed by atoms with Crippen LogP contribution in [-0.4, -0.2) is 49.0 Å². The molecule has 156 valence electrons. The highest BCUT2D eigenvalue weighted by Crippen LogP contribution is 2.32. The Morgan fingerprint density at radius 1 is 1.03 bits per heavy atom. The van der Waals surface area contributed by atoms with E-state index in [4.69, 9.17) is 25.8 Å². The fourth-order valence-corrected chi connectivity index (χ4v) is 3.66. The van der Waals surface area contributed by atoms with Crippen molar-refractivity contribution in [2.24, 2.45) is 5.92 Å². The van der Waals surface area contributed by atoms with Gasteiger partial charge in [-0.1, -0.05) is 11.6 Å². The van der Waals surface area contributed by atoms with Gasteiger partial charge in [0.25, 0.3) is 5.91 Å². The highest BCUT2D eigenvalue weighted by Gasteiger charge is 2.30. The SMILES string of the molecule is O=C(COC(=O)[C@@H]1CCCN(C(=O)c2ccc(Cl)cc2)C1)c1ccc2c(c1)OCO2. The smallest absolute Gasteiger partial charge is 0.311 e. The van der Waals surface area contributed by atoms with E-state index >= 15 is 0 Å². The molecule has 0 bridgehead atoms. The lowest BCUT2D eigenvalue weighted by Gasteiger charge is -2.31. The van der Waals surface area contributed by atoms with Crippen LogP contribution in [0.4, 0.5) is 0 Å². The second-order valence-corrected chi connectivity index (χ2v) is 7.63. The van der Waals surface area contributed by atoms with Crippen molar-refractivity contribution in [3.63, 3.8) is 0 Å². The summed E-state index contributed by atoms with van der Waals surface area (Å²) in [7, 11) is 0. The first kappa shape index (κ1) is 20.2. The van der Waals surface area contributed by atoms with Gasteiger partial charge in [0.2, 0.25) is 6.79 Å². The number of likely N-dealkylation sites (tertiary alicyclic amines) is 1. The number of nitrogens with zero attached hydrogens (tertiary/aromatic N) is 1. The maximum atomic E-state index is 12.7. The van der Waals surface area contributed by atoms with E-state index in [-0.39, 0.29) is 31.6 Å². The van der Waals surface area contributed by atoms with Crippen LogP contribution in [0.25, 0.3) is 0 Å². The van der Waals surface area contributed by atoms with Gasteiger partial charge in [-0.2, -0.15) is 0 Å². The third-order valence-electron chi connectivity index (χ3n) is 5.17. The molecule has 1 fully saturated rings. The minimum absolute atomic E-state index is 0.120. The second kappa shape index (κ2) is 8.75. The van der Waals surface area contributed by atoms with Crippen molar-refractivity contribution < 1.29 is 28.6 Å². The van der Waals surface area contributed by atoms with Crippen LogP contribution in [0.1, 0.15) is 33.6 Å². The molecule has 0 radical (unpaired) electrons. The zero-order valence-electron chi connectivity index (χ0n) is 16.1. The van der Waals surface area contributed by atoms with Crippen LogP contribution in [0.15, 0.2) is 42.5 Å². The average Bonchev–Trinajstić information content (AvgIpc) is 3.25. The molecular weight excluding hydrogens is 410 g/mol. The Morgan fingerprint density at radius 2 is 1.77 bits per heavy atom. The Labute approximate surface area is 178 Å². The first-order valence-electron chi connectivity index (χ1n) is 9.65. The molecule has 2 aliphatic rings. The standard InChI is InChI=1S/C22H20ClNO6/c23-17-6-3-14(4-7-17)21(26)24-9-1-2-16(11-24)22(27)28-12-18(25)15-5-8-19-20(10-15)30-13-29-19/h3-8,10,16H,1-2,9,11-13H2/t16-/m1/s1. The van der Waals surface area contributed by atoms with Gasteiger partial charge in [0.15, 0.2) is 23.9 Å². The predicted octanol–water partition coefficient (Wildman–Crippen LogP) is 3.35. The molecule has 1 amide bonds. The van der Waals surface area contributed by atoms with Gasteiger partial charge in [-0.05, 0) is 55.3 Å². The number of carbonyl (C=O) groups excluding carboxylic acids is 3. The maximum absolute atomic E-state index is 12.7. The number of fused-ring (bicyclic) bond motifs is 1. The van der Waals surface area contributed by atoms with Crippen LogP contribution in [0.2, 0.25) is 5.02 Å². The Balaban J connectivity index is 1.32. The lowest BCUT2D eigenvalue weighted by atomic mass is 9.97. The quantitative estimate of drug-likeness (QED) is 0.535. The zero-order valence-corrected chi connectivity index (χ0v) is 16.9. The normalized spacial score (nSPS) is 17.5. The largest absolute Gasteiger partial charge is 0.457 e. The summed E-state index contributed by atoms with van der Waals surface area (Å²) < 4.78 is 15.7. The number of piperidine rings is 1. The number of halogens is 1. The van der Waals surface area contributed by atoms with E-state index in [1.807, 2.05) is 0 Å². The Kier molecular flexibility index (Phi) is 5.90. The molecule has 7 nitrogen and oxygen atoms in total. The third-order valence-corrected chi connectivity index (χ3v) is 5.43. The average molecular weight is 430 g/mol. The number of rotatable bonds is 5. The number of hydrogen-bond donors (Lipinski definition) is 0. The molecule has 0 unspecified atom stereocenters. The van der Waals surface area contributed by atoms with Gasteiger partial charge in [-0.25, -0.2) is 0 Å². The lowest BCUT2D eigenvalue weighted by molar-refractivity contribution is -0.148. The minimum Gasteiger partial charge on any atom is -0.457 e. The number of benzene rings is 2. The number of carbonyl (C=O) groups is 3.